The summed E-state index contributed by atoms with van der Waals surface area (Å²) in [6.45, 7) is 7.55. The summed E-state index contributed by atoms with van der Waals surface area (Å²) in [5.41, 5.74) is -0.753. The second-order valence-electron chi connectivity index (χ2n) is 7.76. The SMILES string of the molecule is CCN(CC)C1(CNC(=O)c2ccc(C(F)(F)F)cc2)CCC2(CC1)OCCO2. The second-order valence-corrected chi connectivity index (χ2v) is 7.76. The van der Waals surface area contributed by atoms with Crippen LogP contribution in [-0.4, -0.2) is 55.0 Å². The van der Waals surface area contributed by atoms with Gasteiger partial charge in [0, 0.05) is 30.5 Å². The number of nitrogens with zero attached hydrogens (tertiary/aromatic N) is 1. The van der Waals surface area contributed by atoms with Crippen molar-refractivity contribution in [3.63, 3.8) is 0 Å². The van der Waals surface area contributed by atoms with E-state index in [-0.39, 0.29) is 17.0 Å². The molecule has 5 nitrogen and oxygen atoms in total. The van der Waals surface area contributed by atoms with Gasteiger partial charge in [0.2, 0.25) is 0 Å². The normalized spacial score (nSPS) is 20.9. The van der Waals surface area contributed by atoms with Crippen LogP contribution in [-0.2, 0) is 15.7 Å². The molecule has 1 aromatic rings. The lowest BCUT2D eigenvalue weighted by molar-refractivity contribution is -0.193. The van der Waals surface area contributed by atoms with Crippen molar-refractivity contribution in [3.05, 3.63) is 35.4 Å². The molecule has 1 saturated heterocycles. The Labute approximate surface area is 169 Å². The van der Waals surface area contributed by atoms with Gasteiger partial charge < -0.3 is 14.8 Å². The number of carbonyl (C=O) groups is 1. The number of ether oxygens (including phenoxy) is 2. The van der Waals surface area contributed by atoms with Crippen molar-refractivity contribution in [1.82, 2.24) is 10.2 Å². The number of hydrogen-bond donors (Lipinski definition) is 1. The smallest absolute Gasteiger partial charge is 0.350 e. The molecular weight excluding hydrogens is 385 g/mol. The van der Waals surface area contributed by atoms with Gasteiger partial charge in [-0.2, -0.15) is 13.2 Å². The molecule has 1 amide bonds. The average molecular weight is 414 g/mol. The molecule has 2 fully saturated rings. The van der Waals surface area contributed by atoms with E-state index in [0.717, 1.165) is 50.9 Å². The highest BCUT2D eigenvalue weighted by atomic mass is 19.4. The summed E-state index contributed by atoms with van der Waals surface area (Å²) in [4.78, 5) is 14.9. The van der Waals surface area contributed by atoms with E-state index in [0.29, 0.717) is 19.8 Å². The predicted molar refractivity (Wildman–Crippen MR) is 103 cm³/mol. The van der Waals surface area contributed by atoms with E-state index in [9.17, 15) is 18.0 Å². The maximum absolute atomic E-state index is 12.7. The summed E-state index contributed by atoms with van der Waals surface area (Å²) >= 11 is 0. The van der Waals surface area contributed by atoms with Gasteiger partial charge in [0.25, 0.3) is 5.91 Å². The van der Waals surface area contributed by atoms with Gasteiger partial charge in [-0.05, 0) is 50.2 Å². The van der Waals surface area contributed by atoms with Crippen LogP contribution >= 0.6 is 0 Å². The Morgan fingerprint density at radius 3 is 2.07 bits per heavy atom. The maximum atomic E-state index is 12.7. The lowest BCUT2D eigenvalue weighted by Crippen LogP contribution is -2.59. The fourth-order valence-electron chi connectivity index (χ4n) is 4.54. The fourth-order valence-corrected chi connectivity index (χ4v) is 4.54. The maximum Gasteiger partial charge on any atom is 0.416 e. The first-order valence-electron chi connectivity index (χ1n) is 10.2. The number of hydrogen-bond acceptors (Lipinski definition) is 4. The van der Waals surface area contributed by atoms with Crippen molar-refractivity contribution >= 4 is 5.91 Å². The van der Waals surface area contributed by atoms with Gasteiger partial charge in [0.05, 0.1) is 18.8 Å². The zero-order valence-electron chi connectivity index (χ0n) is 17.0. The zero-order valence-corrected chi connectivity index (χ0v) is 17.0. The van der Waals surface area contributed by atoms with Crippen LogP contribution in [0.4, 0.5) is 13.2 Å². The van der Waals surface area contributed by atoms with E-state index < -0.39 is 17.5 Å². The molecular formula is C21H29F3N2O3. The van der Waals surface area contributed by atoms with Gasteiger partial charge in [-0.25, -0.2) is 0 Å². The Balaban J connectivity index is 1.68. The van der Waals surface area contributed by atoms with Crippen LogP contribution in [0.25, 0.3) is 0 Å². The quantitative estimate of drug-likeness (QED) is 0.769. The third kappa shape index (κ3) is 4.75. The molecule has 0 aromatic heterocycles. The van der Waals surface area contributed by atoms with E-state index in [2.05, 4.69) is 24.1 Å². The highest BCUT2D eigenvalue weighted by Crippen LogP contribution is 2.42. The van der Waals surface area contributed by atoms with Gasteiger partial charge in [0.1, 0.15) is 0 Å². The number of amides is 1. The second kappa shape index (κ2) is 8.62. The van der Waals surface area contributed by atoms with Crippen LogP contribution in [0.15, 0.2) is 24.3 Å². The standard InChI is InChI=1S/C21H29F3N2O3/c1-3-26(4-2)19(9-11-20(12-10-19)28-13-14-29-20)15-25-18(27)16-5-7-17(8-6-16)21(22,23)24/h5-8H,3-4,9-15H2,1-2H3,(H,25,27). The van der Waals surface area contributed by atoms with E-state index in [1.54, 1.807) is 0 Å². The number of alkyl halides is 3. The Morgan fingerprint density at radius 1 is 1.03 bits per heavy atom. The minimum absolute atomic E-state index is 0.217. The molecule has 29 heavy (non-hydrogen) atoms. The van der Waals surface area contributed by atoms with Crippen LogP contribution in [0.5, 0.6) is 0 Å². The number of likely N-dealkylation sites (N-methyl/N-ethyl adjacent to an activating group) is 1. The molecule has 0 bridgehead atoms. The predicted octanol–water partition coefficient (Wildman–Crippen LogP) is 3.83. The summed E-state index contributed by atoms with van der Waals surface area (Å²) in [6, 6.07) is 4.32. The molecule has 0 atom stereocenters. The van der Waals surface area contributed by atoms with Crippen molar-refractivity contribution in [2.24, 2.45) is 0 Å². The summed E-state index contributed by atoms with van der Waals surface area (Å²) in [6.07, 6.45) is -1.24. The molecule has 8 heteroatoms. The number of carbonyl (C=O) groups excluding carboxylic acids is 1. The molecule has 2 aliphatic rings. The highest BCUT2D eigenvalue weighted by molar-refractivity contribution is 5.94. The largest absolute Gasteiger partial charge is 0.416 e. The van der Waals surface area contributed by atoms with Crippen molar-refractivity contribution in [2.75, 3.05) is 32.8 Å². The molecule has 1 aliphatic carbocycles. The minimum Gasteiger partial charge on any atom is -0.350 e. The monoisotopic (exact) mass is 414 g/mol. The minimum atomic E-state index is -4.41. The van der Waals surface area contributed by atoms with Gasteiger partial charge in [-0.3, -0.25) is 9.69 Å². The van der Waals surface area contributed by atoms with Crippen molar-refractivity contribution < 1.29 is 27.4 Å². The van der Waals surface area contributed by atoms with Crippen molar-refractivity contribution in [1.29, 1.82) is 0 Å². The Kier molecular flexibility index (Phi) is 6.55. The third-order valence-corrected chi connectivity index (χ3v) is 6.24. The molecule has 0 radical (unpaired) electrons. The Bertz CT molecular complexity index is 686. The summed E-state index contributed by atoms with van der Waals surface area (Å²) in [7, 11) is 0. The van der Waals surface area contributed by atoms with E-state index >= 15 is 0 Å². The molecule has 1 heterocycles. The van der Waals surface area contributed by atoms with Crippen LogP contribution in [0.2, 0.25) is 0 Å². The fraction of sp³-hybridized carbons (Fsp3) is 0.667. The number of rotatable bonds is 6. The summed E-state index contributed by atoms with van der Waals surface area (Å²) in [5, 5.41) is 2.95. The van der Waals surface area contributed by atoms with Gasteiger partial charge in [-0.1, -0.05) is 13.8 Å². The molecule has 1 N–H and O–H groups in total. The van der Waals surface area contributed by atoms with Crippen molar-refractivity contribution in [2.45, 2.75) is 57.0 Å². The van der Waals surface area contributed by atoms with E-state index in [1.165, 1.54) is 12.1 Å². The molecule has 1 spiro atoms. The van der Waals surface area contributed by atoms with Gasteiger partial charge >= 0.3 is 6.18 Å². The highest BCUT2D eigenvalue weighted by Gasteiger charge is 2.48. The number of nitrogens with one attached hydrogen (secondary N) is 1. The Morgan fingerprint density at radius 2 is 1.59 bits per heavy atom. The van der Waals surface area contributed by atoms with Crippen LogP contribution in [0, 0.1) is 0 Å². The number of halogens is 3. The summed E-state index contributed by atoms with van der Waals surface area (Å²) in [5.74, 6) is -0.854. The van der Waals surface area contributed by atoms with Crippen LogP contribution in [0.3, 0.4) is 0 Å². The molecule has 1 aromatic carbocycles. The first-order valence-corrected chi connectivity index (χ1v) is 10.2. The molecule has 1 saturated carbocycles. The van der Waals surface area contributed by atoms with Gasteiger partial charge in [-0.15, -0.1) is 0 Å². The lowest BCUT2D eigenvalue weighted by atomic mass is 9.77. The average Bonchev–Trinajstić information content (AvgIpc) is 3.17. The van der Waals surface area contributed by atoms with Crippen LogP contribution in [0.1, 0.15) is 55.5 Å². The van der Waals surface area contributed by atoms with Gasteiger partial charge in [0.15, 0.2) is 5.79 Å². The van der Waals surface area contributed by atoms with E-state index in [4.69, 9.17) is 9.47 Å². The first-order chi connectivity index (χ1) is 13.7. The summed E-state index contributed by atoms with van der Waals surface area (Å²) < 4.78 is 49.9. The first kappa shape index (κ1) is 22.1. The topological polar surface area (TPSA) is 50.8 Å². The van der Waals surface area contributed by atoms with Crippen molar-refractivity contribution in [3.8, 4) is 0 Å². The third-order valence-electron chi connectivity index (χ3n) is 6.24. The number of benzene rings is 1. The Hall–Kier alpha value is -1.64. The van der Waals surface area contributed by atoms with Crippen LogP contribution < -0.4 is 5.32 Å². The zero-order chi connectivity index (χ0) is 21.1. The van der Waals surface area contributed by atoms with E-state index in [1.807, 2.05) is 0 Å². The molecule has 162 valence electrons. The molecule has 1 aliphatic heterocycles. The lowest BCUT2D eigenvalue weighted by Gasteiger charge is -2.49. The molecule has 3 rings (SSSR count). The molecule has 0 unspecified atom stereocenters.